The molecule has 7 heteroatoms. The van der Waals surface area contributed by atoms with E-state index >= 15 is 0 Å². The average molecular weight is 387 g/mol. The van der Waals surface area contributed by atoms with Gasteiger partial charge in [-0.05, 0) is 38.3 Å². The number of aliphatic hydroxyl groups is 1. The number of ether oxygens (including phenoxy) is 1. The third kappa shape index (κ3) is 3.56. The number of aromatic amines is 1. The molecule has 0 radical (unpaired) electrons. The summed E-state index contributed by atoms with van der Waals surface area (Å²) in [5.41, 5.74) is 1.77. The van der Waals surface area contributed by atoms with E-state index in [0.29, 0.717) is 43.6 Å². The van der Waals surface area contributed by atoms with Crippen LogP contribution < -0.4 is 0 Å². The van der Waals surface area contributed by atoms with Crippen LogP contribution in [0.4, 0.5) is 4.39 Å². The molecular formula is C21H26FN3O3. The van der Waals surface area contributed by atoms with Gasteiger partial charge in [-0.2, -0.15) is 5.10 Å². The molecule has 1 aromatic carbocycles. The Labute approximate surface area is 163 Å². The molecular weight excluding hydrogens is 361 g/mol. The number of nitrogens with one attached hydrogen (secondary N) is 1. The van der Waals surface area contributed by atoms with E-state index in [9.17, 15) is 14.3 Å². The standard InChI is InChI=1S/C21H26FN3O3/c1-13-11-16-18(14(2)28-13)23-24-19(16)20(26)25-9-7-21(27,8-10-25)12-15-5-3-4-6-17(15)22/h3-6,13-14,27H,7-12H2,1-2H3,(H,23,24)/t13-,14+/m1/s1. The summed E-state index contributed by atoms with van der Waals surface area (Å²) in [4.78, 5) is 14.8. The highest BCUT2D eigenvalue weighted by Gasteiger charge is 2.37. The van der Waals surface area contributed by atoms with Gasteiger partial charge in [-0.1, -0.05) is 18.2 Å². The number of halogens is 1. The zero-order valence-corrected chi connectivity index (χ0v) is 16.2. The van der Waals surface area contributed by atoms with E-state index in [4.69, 9.17) is 4.74 Å². The molecule has 6 nitrogen and oxygen atoms in total. The second-order valence-corrected chi connectivity index (χ2v) is 8.04. The number of H-pyrrole nitrogens is 1. The molecule has 1 saturated heterocycles. The fraction of sp³-hybridized carbons (Fsp3) is 0.524. The van der Waals surface area contributed by atoms with Crippen LogP contribution >= 0.6 is 0 Å². The molecule has 0 spiro atoms. The van der Waals surface area contributed by atoms with E-state index in [-0.39, 0.29) is 30.4 Å². The van der Waals surface area contributed by atoms with Gasteiger partial charge >= 0.3 is 0 Å². The maximum Gasteiger partial charge on any atom is 0.274 e. The zero-order chi connectivity index (χ0) is 19.9. The number of carbonyl (C=O) groups excluding carboxylic acids is 1. The number of hydrogen-bond acceptors (Lipinski definition) is 4. The molecule has 2 atom stereocenters. The maximum absolute atomic E-state index is 13.9. The lowest BCUT2D eigenvalue weighted by molar-refractivity contribution is -0.0171. The number of nitrogens with zero attached hydrogens (tertiary/aromatic N) is 2. The van der Waals surface area contributed by atoms with Crippen LogP contribution in [-0.4, -0.2) is 50.9 Å². The van der Waals surface area contributed by atoms with Gasteiger partial charge in [0.15, 0.2) is 5.69 Å². The average Bonchev–Trinajstić information content (AvgIpc) is 3.08. The first kappa shape index (κ1) is 19.1. The summed E-state index contributed by atoms with van der Waals surface area (Å²) >= 11 is 0. The van der Waals surface area contributed by atoms with Gasteiger partial charge in [0.2, 0.25) is 0 Å². The Morgan fingerprint density at radius 3 is 2.79 bits per heavy atom. The lowest BCUT2D eigenvalue weighted by Crippen LogP contribution is -2.48. The van der Waals surface area contributed by atoms with Gasteiger partial charge < -0.3 is 14.7 Å². The van der Waals surface area contributed by atoms with Crippen molar-refractivity contribution in [1.29, 1.82) is 0 Å². The highest BCUT2D eigenvalue weighted by Crippen LogP contribution is 2.32. The molecule has 4 rings (SSSR count). The number of aromatic nitrogens is 2. The molecule has 150 valence electrons. The predicted molar refractivity (Wildman–Crippen MR) is 101 cm³/mol. The van der Waals surface area contributed by atoms with Crippen LogP contribution in [0.3, 0.4) is 0 Å². The molecule has 3 heterocycles. The van der Waals surface area contributed by atoms with Crippen molar-refractivity contribution >= 4 is 5.91 Å². The van der Waals surface area contributed by atoms with Crippen molar-refractivity contribution in [3.8, 4) is 0 Å². The van der Waals surface area contributed by atoms with E-state index in [1.807, 2.05) is 13.8 Å². The quantitative estimate of drug-likeness (QED) is 0.849. The molecule has 1 amide bonds. The number of hydrogen-bond donors (Lipinski definition) is 2. The Morgan fingerprint density at radius 2 is 2.07 bits per heavy atom. The summed E-state index contributed by atoms with van der Waals surface area (Å²) in [7, 11) is 0. The molecule has 2 N–H and O–H groups in total. The number of piperidine rings is 1. The lowest BCUT2D eigenvalue weighted by atomic mass is 9.85. The molecule has 28 heavy (non-hydrogen) atoms. The number of benzene rings is 1. The van der Waals surface area contributed by atoms with Crippen LogP contribution in [0.5, 0.6) is 0 Å². The van der Waals surface area contributed by atoms with Crippen molar-refractivity contribution in [3.05, 3.63) is 52.6 Å². The van der Waals surface area contributed by atoms with E-state index in [2.05, 4.69) is 10.2 Å². The van der Waals surface area contributed by atoms with E-state index in [0.717, 1.165) is 11.3 Å². The normalized spacial score (nSPS) is 24.1. The molecule has 0 unspecified atom stereocenters. The van der Waals surface area contributed by atoms with Crippen LogP contribution in [0, 0.1) is 5.82 Å². The van der Waals surface area contributed by atoms with Crippen molar-refractivity contribution in [3.63, 3.8) is 0 Å². The van der Waals surface area contributed by atoms with E-state index in [1.165, 1.54) is 6.07 Å². The third-order valence-electron chi connectivity index (χ3n) is 5.89. The first-order valence-electron chi connectivity index (χ1n) is 9.84. The van der Waals surface area contributed by atoms with E-state index < -0.39 is 5.60 Å². The summed E-state index contributed by atoms with van der Waals surface area (Å²) in [6, 6.07) is 6.52. The summed E-state index contributed by atoms with van der Waals surface area (Å²) < 4.78 is 19.7. The van der Waals surface area contributed by atoms with Crippen molar-refractivity contribution < 1.29 is 19.0 Å². The van der Waals surface area contributed by atoms with Gasteiger partial charge in [0.1, 0.15) is 5.82 Å². The fourth-order valence-corrected chi connectivity index (χ4v) is 4.30. The molecule has 2 aliphatic heterocycles. The minimum absolute atomic E-state index is 0.0406. The van der Waals surface area contributed by atoms with Gasteiger partial charge in [-0.25, -0.2) is 4.39 Å². The minimum Gasteiger partial charge on any atom is -0.389 e. The first-order valence-corrected chi connectivity index (χ1v) is 9.84. The topological polar surface area (TPSA) is 78.5 Å². The molecule has 0 aliphatic carbocycles. The van der Waals surface area contributed by atoms with Crippen LogP contribution in [0.15, 0.2) is 24.3 Å². The highest BCUT2D eigenvalue weighted by atomic mass is 19.1. The number of fused-ring (bicyclic) bond motifs is 1. The molecule has 2 aromatic rings. The van der Waals surface area contributed by atoms with Crippen molar-refractivity contribution in [2.45, 2.75) is 57.3 Å². The van der Waals surface area contributed by atoms with Gasteiger partial charge in [0.25, 0.3) is 5.91 Å². The zero-order valence-electron chi connectivity index (χ0n) is 16.2. The van der Waals surface area contributed by atoms with Gasteiger partial charge in [-0.3, -0.25) is 9.89 Å². The molecule has 2 aliphatic rings. The predicted octanol–water partition coefficient (Wildman–Crippen LogP) is 2.78. The second-order valence-electron chi connectivity index (χ2n) is 8.04. The van der Waals surface area contributed by atoms with Crippen molar-refractivity contribution in [2.24, 2.45) is 0 Å². The Balaban J connectivity index is 1.44. The summed E-state index contributed by atoms with van der Waals surface area (Å²) in [5.74, 6) is -0.421. The monoisotopic (exact) mass is 387 g/mol. The van der Waals surface area contributed by atoms with Crippen molar-refractivity contribution in [2.75, 3.05) is 13.1 Å². The smallest absolute Gasteiger partial charge is 0.274 e. The molecule has 0 bridgehead atoms. The van der Waals surface area contributed by atoms with Gasteiger partial charge in [-0.15, -0.1) is 0 Å². The number of amides is 1. The Kier molecular flexibility index (Phi) is 4.97. The van der Waals surface area contributed by atoms with Crippen LogP contribution in [-0.2, 0) is 17.6 Å². The second kappa shape index (κ2) is 7.29. The Hall–Kier alpha value is -2.25. The third-order valence-corrected chi connectivity index (χ3v) is 5.89. The molecule has 1 fully saturated rings. The lowest BCUT2D eigenvalue weighted by Gasteiger charge is -2.38. The minimum atomic E-state index is -0.999. The van der Waals surface area contributed by atoms with E-state index in [1.54, 1.807) is 23.1 Å². The highest BCUT2D eigenvalue weighted by molar-refractivity contribution is 5.94. The van der Waals surface area contributed by atoms with Crippen LogP contribution in [0.1, 0.15) is 60.1 Å². The first-order chi connectivity index (χ1) is 13.4. The summed E-state index contributed by atoms with van der Waals surface area (Å²) in [5, 5.41) is 18.1. The number of rotatable bonds is 3. The van der Waals surface area contributed by atoms with Gasteiger partial charge in [0, 0.05) is 31.5 Å². The Morgan fingerprint density at radius 1 is 1.36 bits per heavy atom. The summed E-state index contributed by atoms with van der Waals surface area (Å²) in [6.45, 7) is 4.79. The Bertz CT molecular complexity index is 874. The molecule has 1 aromatic heterocycles. The van der Waals surface area contributed by atoms with Crippen molar-refractivity contribution in [1.82, 2.24) is 15.1 Å². The van der Waals surface area contributed by atoms with Gasteiger partial charge in [0.05, 0.1) is 23.5 Å². The molecule has 0 saturated carbocycles. The van der Waals surface area contributed by atoms with Crippen LogP contribution in [0.2, 0.25) is 0 Å². The van der Waals surface area contributed by atoms with Crippen LogP contribution in [0.25, 0.3) is 0 Å². The number of carbonyl (C=O) groups is 1. The maximum atomic E-state index is 13.9. The fourth-order valence-electron chi connectivity index (χ4n) is 4.30. The summed E-state index contributed by atoms with van der Waals surface area (Å²) in [6.07, 6.45) is 1.67. The SMILES string of the molecule is C[C@@H]1Cc2c(C(=O)N3CCC(O)(Cc4ccccc4F)CC3)n[nH]c2[C@H](C)O1. The largest absolute Gasteiger partial charge is 0.389 e. The number of likely N-dealkylation sites (tertiary alicyclic amines) is 1.